The van der Waals surface area contributed by atoms with Crippen LogP contribution in [0.1, 0.15) is 13.3 Å². The quantitative estimate of drug-likeness (QED) is 0.473. The van der Waals surface area contributed by atoms with Gasteiger partial charge in [0.25, 0.3) is 0 Å². The van der Waals surface area contributed by atoms with Gasteiger partial charge in [0.05, 0.1) is 0 Å². The molecule has 80 valence electrons. The van der Waals surface area contributed by atoms with Gasteiger partial charge in [-0.2, -0.15) is 0 Å². The van der Waals surface area contributed by atoms with Crippen LogP contribution in [0.3, 0.4) is 0 Å². The molecular weight excluding hydrogens is 186 g/mol. The van der Waals surface area contributed by atoms with Gasteiger partial charge in [-0.15, -0.1) is 0 Å². The molecule has 0 heterocycles. The molecule has 0 saturated heterocycles. The molecule has 0 aromatic heterocycles. The van der Waals surface area contributed by atoms with Crippen molar-refractivity contribution in [3.8, 4) is 0 Å². The second kappa shape index (κ2) is 7.46. The summed E-state index contributed by atoms with van der Waals surface area (Å²) >= 11 is 0. The van der Waals surface area contributed by atoms with Gasteiger partial charge in [-0.25, -0.2) is 0 Å². The van der Waals surface area contributed by atoms with Crippen molar-refractivity contribution in [2.75, 3.05) is 34.4 Å². The molecule has 0 amide bonds. The minimum Gasteiger partial charge on any atom is -0.377 e. The predicted molar refractivity (Wildman–Crippen MR) is 54.7 cm³/mol. The third-order valence-corrected chi connectivity index (χ3v) is 4.85. The molecule has 0 aliphatic carbocycles. The molecule has 0 aromatic rings. The van der Waals surface area contributed by atoms with Gasteiger partial charge < -0.3 is 18.6 Å². The number of rotatable bonds is 8. The van der Waals surface area contributed by atoms with Crippen LogP contribution in [-0.2, 0) is 13.3 Å². The fourth-order valence-electron chi connectivity index (χ4n) is 1.16. The Bertz CT molecular complexity index is 112. The van der Waals surface area contributed by atoms with Crippen LogP contribution in [0.4, 0.5) is 0 Å². The van der Waals surface area contributed by atoms with Crippen LogP contribution in [0.25, 0.3) is 0 Å². The fourth-order valence-corrected chi connectivity index (χ4v) is 2.89. The molecule has 0 bridgehead atoms. The molecule has 0 radical (unpaired) electrons. The summed E-state index contributed by atoms with van der Waals surface area (Å²) in [5, 5.41) is 3.25. The Morgan fingerprint density at radius 1 is 1.08 bits per heavy atom. The molecule has 0 aromatic carbocycles. The van der Waals surface area contributed by atoms with E-state index < -0.39 is 8.80 Å². The average Bonchev–Trinajstić information content (AvgIpc) is 2.20. The summed E-state index contributed by atoms with van der Waals surface area (Å²) in [5.74, 6) is 0. The smallest absolute Gasteiger partial charge is 0.377 e. The molecule has 0 unspecified atom stereocenters. The van der Waals surface area contributed by atoms with E-state index >= 15 is 0 Å². The zero-order valence-electron chi connectivity index (χ0n) is 9.05. The van der Waals surface area contributed by atoms with Crippen LogP contribution in [0.5, 0.6) is 0 Å². The summed E-state index contributed by atoms with van der Waals surface area (Å²) in [5.41, 5.74) is 0. The minimum absolute atomic E-state index is 0.865. The first-order chi connectivity index (χ1) is 6.24. The topological polar surface area (TPSA) is 39.7 Å². The first-order valence-corrected chi connectivity index (χ1v) is 6.54. The van der Waals surface area contributed by atoms with Crippen LogP contribution >= 0.6 is 0 Å². The van der Waals surface area contributed by atoms with Crippen molar-refractivity contribution in [2.45, 2.75) is 19.4 Å². The van der Waals surface area contributed by atoms with Gasteiger partial charge in [0.1, 0.15) is 0 Å². The van der Waals surface area contributed by atoms with Crippen molar-refractivity contribution < 1.29 is 13.3 Å². The van der Waals surface area contributed by atoms with Crippen molar-refractivity contribution >= 4 is 8.80 Å². The average molecular weight is 207 g/mol. The lowest BCUT2D eigenvalue weighted by Gasteiger charge is -2.24. The second-order valence-electron chi connectivity index (χ2n) is 2.75. The monoisotopic (exact) mass is 207 g/mol. The van der Waals surface area contributed by atoms with Crippen LogP contribution < -0.4 is 5.32 Å². The lowest BCUT2D eigenvalue weighted by molar-refractivity contribution is 0.123. The predicted octanol–water partition coefficient (Wildman–Crippen LogP) is 0.864. The number of hydrogen-bond acceptors (Lipinski definition) is 4. The van der Waals surface area contributed by atoms with Crippen LogP contribution in [0.2, 0.25) is 6.04 Å². The Kier molecular flexibility index (Phi) is 7.49. The van der Waals surface area contributed by atoms with Crippen molar-refractivity contribution in [3.05, 3.63) is 0 Å². The molecule has 0 fully saturated rings. The van der Waals surface area contributed by atoms with E-state index in [9.17, 15) is 0 Å². The summed E-state index contributed by atoms with van der Waals surface area (Å²) in [7, 11) is 2.63. The van der Waals surface area contributed by atoms with Gasteiger partial charge in [-0.3, -0.25) is 0 Å². The molecule has 5 heteroatoms. The standard InChI is InChI=1S/C8H21NO3Si/c1-5-9-7-6-8-13(10-2,11-3)12-4/h9H,5-8H2,1-4H3. The Morgan fingerprint density at radius 3 is 2.00 bits per heavy atom. The van der Waals surface area contributed by atoms with Gasteiger partial charge in [-0.1, -0.05) is 6.92 Å². The van der Waals surface area contributed by atoms with Crippen molar-refractivity contribution in [2.24, 2.45) is 0 Å². The maximum Gasteiger partial charge on any atom is 0.500 e. The normalized spacial score (nSPS) is 12.0. The summed E-state index contributed by atoms with van der Waals surface area (Å²) in [6.45, 7) is 4.08. The van der Waals surface area contributed by atoms with Crippen molar-refractivity contribution in [3.63, 3.8) is 0 Å². The van der Waals surface area contributed by atoms with Gasteiger partial charge in [0, 0.05) is 27.4 Å². The van der Waals surface area contributed by atoms with E-state index in [1.807, 2.05) is 0 Å². The Balaban J connectivity index is 3.68. The van der Waals surface area contributed by atoms with Crippen LogP contribution in [0.15, 0.2) is 0 Å². The van der Waals surface area contributed by atoms with Crippen molar-refractivity contribution in [1.29, 1.82) is 0 Å². The van der Waals surface area contributed by atoms with Crippen molar-refractivity contribution in [1.82, 2.24) is 5.32 Å². The molecule has 0 aliphatic rings. The van der Waals surface area contributed by atoms with E-state index in [0.29, 0.717) is 0 Å². The van der Waals surface area contributed by atoms with Gasteiger partial charge in [0.2, 0.25) is 0 Å². The zero-order chi connectivity index (χ0) is 10.2. The largest absolute Gasteiger partial charge is 0.500 e. The maximum atomic E-state index is 5.28. The summed E-state index contributed by atoms with van der Waals surface area (Å²) in [6, 6.07) is 0.865. The third-order valence-electron chi connectivity index (χ3n) is 2.02. The molecule has 0 saturated carbocycles. The molecule has 13 heavy (non-hydrogen) atoms. The Labute approximate surface area is 81.9 Å². The second-order valence-corrected chi connectivity index (χ2v) is 5.84. The molecule has 4 nitrogen and oxygen atoms in total. The lowest BCUT2D eigenvalue weighted by Crippen LogP contribution is -2.43. The summed E-state index contributed by atoms with van der Waals surface area (Å²) in [4.78, 5) is 0. The molecule has 1 N–H and O–H groups in total. The molecular formula is C8H21NO3Si. The molecule has 0 atom stereocenters. The number of nitrogens with one attached hydrogen (secondary N) is 1. The van der Waals surface area contributed by atoms with E-state index in [4.69, 9.17) is 13.3 Å². The molecule has 0 rings (SSSR count). The first kappa shape index (κ1) is 13.1. The zero-order valence-corrected chi connectivity index (χ0v) is 10.1. The van der Waals surface area contributed by atoms with E-state index in [0.717, 1.165) is 25.6 Å². The highest BCUT2D eigenvalue weighted by molar-refractivity contribution is 6.60. The summed E-state index contributed by atoms with van der Waals surface area (Å²) in [6.07, 6.45) is 1.02. The van der Waals surface area contributed by atoms with E-state index in [2.05, 4.69) is 12.2 Å². The van der Waals surface area contributed by atoms with E-state index in [1.54, 1.807) is 21.3 Å². The Hall–Kier alpha value is 0.0569. The molecule has 0 spiro atoms. The maximum absolute atomic E-state index is 5.28. The minimum atomic E-state index is -2.31. The van der Waals surface area contributed by atoms with Crippen LogP contribution in [-0.4, -0.2) is 43.2 Å². The highest BCUT2D eigenvalue weighted by atomic mass is 28.4. The van der Waals surface area contributed by atoms with Gasteiger partial charge in [0.15, 0.2) is 0 Å². The summed E-state index contributed by atoms with van der Waals surface area (Å²) < 4.78 is 15.8. The van der Waals surface area contributed by atoms with E-state index in [1.165, 1.54) is 0 Å². The highest BCUT2D eigenvalue weighted by Crippen LogP contribution is 2.13. The fraction of sp³-hybridized carbons (Fsp3) is 1.00. The third kappa shape index (κ3) is 4.73. The van der Waals surface area contributed by atoms with Crippen LogP contribution in [0, 0.1) is 0 Å². The first-order valence-electron chi connectivity index (χ1n) is 4.60. The molecule has 0 aliphatic heterocycles. The Morgan fingerprint density at radius 2 is 1.62 bits per heavy atom. The lowest BCUT2D eigenvalue weighted by atomic mass is 10.5. The van der Waals surface area contributed by atoms with Gasteiger partial charge in [-0.05, 0) is 19.5 Å². The SMILES string of the molecule is CCNCCC[Si](OC)(OC)OC. The van der Waals surface area contributed by atoms with Gasteiger partial charge >= 0.3 is 8.80 Å². The van der Waals surface area contributed by atoms with E-state index in [-0.39, 0.29) is 0 Å². The highest BCUT2D eigenvalue weighted by Gasteiger charge is 2.36. The number of hydrogen-bond donors (Lipinski definition) is 1.